The van der Waals surface area contributed by atoms with Gasteiger partial charge in [0.15, 0.2) is 0 Å². The number of amidine groups is 1. The Morgan fingerprint density at radius 1 is 0.842 bits per heavy atom. The first-order valence-electron chi connectivity index (χ1n) is 5.84. The molecule has 2 nitrogen and oxygen atoms in total. The lowest BCUT2D eigenvalue weighted by Crippen LogP contribution is -2.25. The standard InChI is InChI=1S/C15H10Cl2N2/c16-14-18-13(11-7-3-1-4-8-11)15(17,19-14)12-9-5-2-6-10-12/h1-10H. The van der Waals surface area contributed by atoms with Crippen LogP contribution in [0.5, 0.6) is 0 Å². The molecule has 0 bridgehead atoms. The number of nitrogens with zero attached hydrogens (tertiary/aromatic N) is 2. The first kappa shape index (κ1) is 12.4. The average Bonchev–Trinajstić information content (AvgIpc) is 2.77. The Bertz CT molecular complexity index is 650. The summed E-state index contributed by atoms with van der Waals surface area (Å²) in [6.45, 7) is 0. The van der Waals surface area contributed by atoms with Gasteiger partial charge in [0.05, 0.1) is 5.71 Å². The normalized spacial score (nSPS) is 22.0. The lowest BCUT2D eigenvalue weighted by molar-refractivity contribution is 0.887. The summed E-state index contributed by atoms with van der Waals surface area (Å²) in [5, 5.41) is 0.178. The van der Waals surface area contributed by atoms with Gasteiger partial charge in [-0.3, -0.25) is 0 Å². The molecule has 19 heavy (non-hydrogen) atoms. The van der Waals surface area contributed by atoms with Gasteiger partial charge >= 0.3 is 0 Å². The Balaban J connectivity index is 2.13. The molecule has 2 aromatic rings. The van der Waals surface area contributed by atoms with Gasteiger partial charge in [-0.2, -0.15) is 0 Å². The Labute approximate surface area is 121 Å². The maximum Gasteiger partial charge on any atom is 0.220 e. The molecule has 1 aliphatic rings. The molecule has 0 spiro atoms. The zero-order chi connectivity index (χ0) is 13.3. The molecule has 2 aromatic carbocycles. The fourth-order valence-electron chi connectivity index (χ4n) is 2.08. The molecule has 0 saturated heterocycles. The number of hydrogen-bond donors (Lipinski definition) is 0. The molecule has 1 heterocycles. The maximum absolute atomic E-state index is 6.69. The van der Waals surface area contributed by atoms with Gasteiger partial charge in [0.1, 0.15) is 0 Å². The molecule has 4 heteroatoms. The van der Waals surface area contributed by atoms with E-state index < -0.39 is 5.00 Å². The van der Waals surface area contributed by atoms with E-state index >= 15 is 0 Å². The van der Waals surface area contributed by atoms with Gasteiger partial charge in [-0.15, -0.1) is 0 Å². The second-order valence-electron chi connectivity index (χ2n) is 4.20. The largest absolute Gasteiger partial charge is 0.221 e. The molecular weight excluding hydrogens is 279 g/mol. The van der Waals surface area contributed by atoms with Gasteiger partial charge in [0.2, 0.25) is 10.3 Å². The first-order chi connectivity index (χ1) is 9.20. The van der Waals surface area contributed by atoms with Crippen LogP contribution < -0.4 is 0 Å². The van der Waals surface area contributed by atoms with Crippen LogP contribution in [0.4, 0.5) is 0 Å². The van der Waals surface area contributed by atoms with Crippen molar-refractivity contribution in [1.82, 2.24) is 0 Å². The highest BCUT2D eigenvalue weighted by Crippen LogP contribution is 2.39. The minimum absolute atomic E-state index is 0.178. The molecule has 0 N–H and O–H groups in total. The van der Waals surface area contributed by atoms with Crippen molar-refractivity contribution >= 4 is 34.2 Å². The van der Waals surface area contributed by atoms with E-state index in [0.717, 1.165) is 11.1 Å². The molecule has 0 fully saturated rings. The van der Waals surface area contributed by atoms with E-state index in [1.165, 1.54) is 0 Å². The summed E-state index contributed by atoms with van der Waals surface area (Å²) in [7, 11) is 0. The third kappa shape index (κ3) is 2.18. The van der Waals surface area contributed by atoms with Crippen LogP contribution in [-0.4, -0.2) is 11.0 Å². The minimum atomic E-state index is -1.04. The van der Waals surface area contributed by atoms with Crippen LogP contribution in [0.25, 0.3) is 0 Å². The summed E-state index contributed by atoms with van der Waals surface area (Å²) >= 11 is 12.7. The summed E-state index contributed by atoms with van der Waals surface area (Å²) in [5.41, 5.74) is 2.43. The van der Waals surface area contributed by atoms with E-state index in [2.05, 4.69) is 9.98 Å². The van der Waals surface area contributed by atoms with Gasteiger partial charge in [-0.05, 0) is 11.6 Å². The minimum Gasteiger partial charge on any atom is -0.221 e. The fraction of sp³-hybridized carbons (Fsp3) is 0.0667. The highest BCUT2D eigenvalue weighted by Gasteiger charge is 2.40. The number of aliphatic imine (C=N–C) groups is 2. The molecule has 0 aromatic heterocycles. The molecule has 0 amide bonds. The smallest absolute Gasteiger partial charge is 0.220 e. The number of hydrogen-bond acceptors (Lipinski definition) is 2. The second-order valence-corrected chi connectivity index (χ2v) is 5.08. The number of alkyl halides is 1. The first-order valence-corrected chi connectivity index (χ1v) is 6.60. The molecule has 0 radical (unpaired) electrons. The Hall–Kier alpha value is -1.64. The summed E-state index contributed by atoms with van der Waals surface area (Å²) in [4.78, 5) is 7.54. The van der Waals surface area contributed by atoms with Crippen molar-refractivity contribution in [2.24, 2.45) is 9.98 Å². The lowest BCUT2D eigenvalue weighted by atomic mass is 9.97. The molecule has 1 aliphatic heterocycles. The van der Waals surface area contributed by atoms with E-state index in [9.17, 15) is 0 Å². The van der Waals surface area contributed by atoms with Crippen LogP contribution in [-0.2, 0) is 5.00 Å². The van der Waals surface area contributed by atoms with Gasteiger partial charge in [-0.25, -0.2) is 9.98 Å². The van der Waals surface area contributed by atoms with Crippen molar-refractivity contribution in [3.05, 3.63) is 71.8 Å². The number of rotatable bonds is 2. The second kappa shape index (κ2) is 4.80. The van der Waals surface area contributed by atoms with E-state index in [0.29, 0.717) is 5.71 Å². The SMILES string of the molecule is ClC1=NC(Cl)(c2ccccc2)C(c2ccccc2)=N1. The molecule has 3 rings (SSSR count). The van der Waals surface area contributed by atoms with Crippen molar-refractivity contribution in [2.75, 3.05) is 0 Å². The van der Waals surface area contributed by atoms with Crippen LogP contribution in [0, 0.1) is 0 Å². The zero-order valence-electron chi connectivity index (χ0n) is 9.92. The average molecular weight is 289 g/mol. The molecule has 0 aliphatic carbocycles. The Kier molecular flexibility index (Phi) is 3.13. The number of benzene rings is 2. The van der Waals surface area contributed by atoms with Gasteiger partial charge < -0.3 is 0 Å². The third-order valence-corrected chi connectivity index (χ3v) is 3.62. The van der Waals surface area contributed by atoms with Crippen molar-refractivity contribution < 1.29 is 0 Å². The van der Waals surface area contributed by atoms with Gasteiger partial charge in [0.25, 0.3) is 0 Å². The summed E-state index contributed by atoms with van der Waals surface area (Å²) < 4.78 is 0. The van der Waals surface area contributed by atoms with Gasteiger partial charge in [-0.1, -0.05) is 72.3 Å². The fourth-order valence-corrected chi connectivity index (χ4v) is 2.70. The van der Waals surface area contributed by atoms with Crippen LogP contribution in [0.1, 0.15) is 11.1 Å². The zero-order valence-corrected chi connectivity index (χ0v) is 11.4. The molecule has 1 unspecified atom stereocenters. The quantitative estimate of drug-likeness (QED) is 0.585. The summed E-state index contributed by atoms with van der Waals surface area (Å²) in [6, 6.07) is 19.3. The van der Waals surface area contributed by atoms with E-state index in [1.807, 2.05) is 60.7 Å². The van der Waals surface area contributed by atoms with Crippen LogP contribution in [0.3, 0.4) is 0 Å². The van der Waals surface area contributed by atoms with Crippen molar-refractivity contribution in [3.8, 4) is 0 Å². The molecule has 1 atom stereocenters. The highest BCUT2D eigenvalue weighted by molar-refractivity contribution is 6.67. The number of halogens is 2. The lowest BCUT2D eigenvalue weighted by Gasteiger charge is -2.21. The Morgan fingerprint density at radius 3 is 2.05 bits per heavy atom. The molecule has 0 saturated carbocycles. The van der Waals surface area contributed by atoms with Crippen LogP contribution >= 0.6 is 23.2 Å². The van der Waals surface area contributed by atoms with Gasteiger partial charge in [0, 0.05) is 11.1 Å². The Morgan fingerprint density at radius 2 is 1.42 bits per heavy atom. The van der Waals surface area contributed by atoms with Crippen molar-refractivity contribution in [3.63, 3.8) is 0 Å². The summed E-state index contributed by atoms with van der Waals surface area (Å²) in [5.74, 6) is 0. The predicted octanol–water partition coefficient (Wildman–Crippen LogP) is 4.18. The van der Waals surface area contributed by atoms with Crippen LogP contribution in [0.15, 0.2) is 70.6 Å². The van der Waals surface area contributed by atoms with Crippen molar-refractivity contribution in [2.45, 2.75) is 5.00 Å². The maximum atomic E-state index is 6.69. The molecule has 94 valence electrons. The van der Waals surface area contributed by atoms with E-state index in [4.69, 9.17) is 23.2 Å². The monoisotopic (exact) mass is 288 g/mol. The van der Waals surface area contributed by atoms with Crippen LogP contribution in [0.2, 0.25) is 0 Å². The topological polar surface area (TPSA) is 24.7 Å². The highest BCUT2D eigenvalue weighted by atomic mass is 35.5. The van der Waals surface area contributed by atoms with E-state index in [1.54, 1.807) is 0 Å². The van der Waals surface area contributed by atoms with E-state index in [-0.39, 0.29) is 5.29 Å². The molecular formula is C15H10Cl2N2. The summed E-state index contributed by atoms with van der Waals surface area (Å²) in [6.07, 6.45) is 0. The van der Waals surface area contributed by atoms with Crippen molar-refractivity contribution in [1.29, 1.82) is 0 Å². The predicted molar refractivity (Wildman–Crippen MR) is 80.2 cm³/mol. The third-order valence-electron chi connectivity index (χ3n) is 2.97.